The van der Waals surface area contributed by atoms with Crippen LogP contribution in [0.15, 0.2) is 65.7 Å². The van der Waals surface area contributed by atoms with Gasteiger partial charge >= 0.3 is 0 Å². The zero-order valence-corrected chi connectivity index (χ0v) is 14.7. The largest absolute Gasteiger partial charge is 0.350 e. The fraction of sp³-hybridized carbons (Fsp3) is 0.200. The van der Waals surface area contributed by atoms with Gasteiger partial charge in [0.15, 0.2) is 0 Å². The molecule has 0 saturated heterocycles. The third kappa shape index (κ3) is 4.03. The Morgan fingerprint density at radius 2 is 1.92 bits per heavy atom. The molecule has 0 saturated carbocycles. The summed E-state index contributed by atoms with van der Waals surface area (Å²) in [6, 6.07) is 13.9. The van der Waals surface area contributed by atoms with Gasteiger partial charge < -0.3 is 5.32 Å². The third-order valence-corrected chi connectivity index (χ3v) is 4.12. The molecule has 0 bridgehead atoms. The summed E-state index contributed by atoms with van der Waals surface area (Å²) in [6.07, 6.45) is 3.33. The Balaban J connectivity index is 1.76. The van der Waals surface area contributed by atoms with Crippen molar-refractivity contribution in [3.8, 4) is 11.3 Å². The van der Waals surface area contributed by atoms with Crippen LogP contribution in [0.1, 0.15) is 24.1 Å². The van der Waals surface area contributed by atoms with Crippen LogP contribution in [0.3, 0.4) is 0 Å². The summed E-state index contributed by atoms with van der Waals surface area (Å²) in [5.41, 5.74) is 3.22. The number of hydrogen-bond donors (Lipinski definition) is 1. The molecule has 1 atom stereocenters. The summed E-state index contributed by atoms with van der Waals surface area (Å²) in [7, 11) is 0. The van der Waals surface area contributed by atoms with E-state index in [9.17, 15) is 9.59 Å². The molecule has 1 amide bonds. The molecule has 0 radical (unpaired) electrons. The first kappa shape index (κ1) is 17.5. The number of hydrogen-bond acceptors (Lipinski definition) is 4. The highest BCUT2D eigenvalue weighted by Gasteiger charge is 2.17. The summed E-state index contributed by atoms with van der Waals surface area (Å²) in [5, 5.41) is 7.19. The number of aryl methyl sites for hydroxylation is 1. The highest BCUT2D eigenvalue weighted by atomic mass is 16.2. The number of aromatic nitrogens is 3. The summed E-state index contributed by atoms with van der Waals surface area (Å²) < 4.78 is 1.20. The predicted octanol–water partition coefficient (Wildman–Crippen LogP) is 2.49. The zero-order chi connectivity index (χ0) is 18.5. The summed E-state index contributed by atoms with van der Waals surface area (Å²) in [5.74, 6) is -0.261. The molecule has 2 aromatic heterocycles. The Hall–Kier alpha value is -3.28. The molecule has 26 heavy (non-hydrogen) atoms. The first-order valence-corrected chi connectivity index (χ1v) is 8.38. The summed E-state index contributed by atoms with van der Waals surface area (Å²) in [6.45, 7) is 4.07. The molecule has 0 aliphatic carbocycles. The fourth-order valence-corrected chi connectivity index (χ4v) is 2.52. The number of nitrogens with zero attached hydrogens (tertiary/aromatic N) is 3. The zero-order valence-electron chi connectivity index (χ0n) is 14.7. The van der Waals surface area contributed by atoms with Gasteiger partial charge in [-0.3, -0.25) is 14.6 Å². The lowest BCUT2D eigenvalue weighted by Gasteiger charge is -2.15. The van der Waals surface area contributed by atoms with E-state index >= 15 is 0 Å². The van der Waals surface area contributed by atoms with Crippen molar-refractivity contribution in [1.29, 1.82) is 0 Å². The summed E-state index contributed by atoms with van der Waals surface area (Å²) in [4.78, 5) is 28.7. The van der Waals surface area contributed by atoms with E-state index in [-0.39, 0.29) is 11.5 Å². The van der Waals surface area contributed by atoms with Crippen LogP contribution in [0.25, 0.3) is 11.3 Å². The Morgan fingerprint density at radius 3 is 2.62 bits per heavy atom. The molecule has 132 valence electrons. The van der Waals surface area contributed by atoms with Crippen molar-refractivity contribution in [1.82, 2.24) is 20.1 Å². The molecule has 2 heterocycles. The van der Waals surface area contributed by atoms with Gasteiger partial charge in [0.05, 0.1) is 5.69 Å². The number of rotatable bonds is 5. The summed E-state index contributed by atoms with van der Waals surface area (Å²) >= 11 is 0. The molecule has 6 nitrogen and oxygen atoms in total. The van der Waals surface area contributed by atoms with Gasteiger partial charge in [-0.05, 0) is 37.6 Å². The molecule has 1 aromatic carbocycles. The van der Waals surface area contributed by atoms with Crippen LogP contribution in [0.5, 0.6) is 0 Å². The van der Waals surface area contributed by atoms with Crippen molar-refractivity contribution >= 4 is 5.91 Å². The quantitative estimate of drug-likeness (QED) is 0.768. The number of carbonyl (C=O) groups excluding carboxylic acids is 1. The van der Waals surface area contributed by atoms with Gasteiger partial charge in [-0.25, -0.2) is 4.68 Å². The van der Waals surface area contributed by atoms with Crippen LogP contribution in [0.2, 0.25) is 0 Å². The lowest BCUT2D eigenvalue weighted by molar-refractivity contribution is -0.124. The number of benzene rings is 1. The van der Waals surface area contributed by atoms with Crippen molar-refractivity contribution in [3.63, 3.8) is 0 Å². The van der Waals surface area contributed by atoms with E-state index in [0.717, 1.165) is 16.7 Å². The Bertz CT molecular complexity index is 950. The number of pyridine rings is 1. The smallest absolute Gasteiger partial charge is 0.267 e. The number of amides is 1. The van der Waals surface area contributed by atoms with Gasteiger partial charge in [-0.15, -0.1) is 0 Å². The standard InChI is InChI=1S/C20H20N4O2/c1-14-5-7-16(8-6-14)12-22-20(26)15(2)24-19(25)10-9-18(23-24)17-4-3-11-21-13-17/h3-11,13,15H,12H2,1-2H3,(H,22,26). The molecular formula is C20H20N4O2. The van der Waals surface area contributed by atoms with Crippen molar-refractivity contribution in [3.05, 3.63) is 82.4 Å². The maximum atomic E-state index is 12.5. The fourth-order valence-electron chi connectivity index (χ4n) is 2.52. The topological polar surface area (TPSA) is 76.9 Å². The third-order valence-electron chi connectivity index (χ3n) is 4.12. The first-order chi connectivity index (χ1) is 12.5. The molecular weight excluding hydrogens is 328 g/mol. The minimum Gasteiger partial charge on any atom is -0.350 e. The average Bonchev–Trinajstić information content (AvgIpc) is 2.68. The van der Waals surface area contributed by atoms with E-state index in [1.165, 1.54) is 10.7 Å². The highest BCUT2D eigenvalue weighted by Crippen LogP contribution is 2.14. The van der Waals surface area contributed by atoms with E-state index < -0.39 is 6.04 Å². The second kappa shape index (κ2) is 7.74. The number of carbonyl (C=O) groups is 1. The monoisotopic (exact) mass is 348 g/mol. The molecule has 1 unspecified atom stereocenters. The minimum atomic E-state index is -0.718. The molecule has 3 rings (SSSR count). The van der Waals surface area contributed by atoms with Gasteiger partial charge in [0.2, 0.25) is 5.91 Å². The van der Waals surface area contributed by atoms with Crippen LogP contribution < -0.4 is 10.9 Å². The molecule has 3 aromatic rings. The van der Waals surface area contributed by atoms with Crippen LogP contribution in [-0.2, 0) is 11.3 Å². The van der Waals surface area contributed by atoms with Crippen LogP contribution in [-0.4, -0.2) is 20.7 Å². The van der Waals surface area contributed by atoms with E-state index in [1.54, 1.807) is 31.5 Å². The van der Waals surface area contributed by atoms with E-state index in [1.807, 2.05) is 37.3 Å². The lowest BCUT2D eigenvalue weighted by Crippen LogP contribution is -2.36. The Morgan fingerprint density at radius 1 is 1.15 bits per heavy atom. The Labute approximate surface area is 151 Å². The van der Waals surface area contributed by atoms with Crippen molar-refractivity contribution in [2.45, 2.75) is 26.4 Å². The second-order valence-corrected chi connectivity index (χ2v) is 6.12. The number of nitrogens with one attached hydrogen (secondary N) is 1. The average molecular weight is 348 g/mol. The molecule has 0 aliphatic heterocycles. The maximum absolute atomic E-state index is 12.5. The van der Waals surface area contributed by atoms with Gasteiger partial charge in [-0.1, -0.05) is 29.8 Å². The van der Waals surface area contributed by atoms with Crippen LogP contribution in [0, 0.1) is 6.92 Å². The Kier molecular flexibility index (Phi) is 5.22. The lowest BCUT2D eigenvalue weighted by atomic mass is 10.1. The van der Waals surface area contributed by atoms with Crippen molar-refractivity contribution in [2.75, 3.05) is 0 Å². The van der Waals surface area contributed by atoms with Gasteiger partial charge in [0.1, 0.15) is 6.04 Å². The first-order valence-electron chi connectivity index (χ1n) is 8.38. The van der Waals surface area contributed by atoms with Gasteiger partial charge in [0, 0.05) is 30.6 Å². The molecule has 0 spiro atoms. The van der Waals surface area contributed by atoms with E-state index in [2.05, 4.69) is 15.4 Å². The maximum Gasteiger partial charge on any atom is 0.267 e. The minimum absolute atomic E-state index is 0.261. The van der Waals surface area contributed by atoms with Gasteiger partial charge in [-0.2, -0.15) is 5.10 Å². The van der Waals surface area contributed by atoms with Crippen LogP contribution in [0.4, 0.5) is 0 Å². The highest BCUT2D eigenvalue weighted by molar-refractivity contribution is 5.79. The van der Waals surface area contributed by atoms with Crippen molar-refractivity contribution in [2.24, 2.45) is 0 Å². The van der Waals surface area contributed by atoms with Gasteiger partial charge in [0.25, 0.3) is 5.56 Å². The second-order valence-electron chi connectivity index (χ2n) is 6.12. The normalized spacial score (nSPS) is 11.8. The molecule has 0 fully saturated rings. The van der Waals surface area contributed by atoms with Crippen molar-refractivity contribution < 1.29 is 4.79 Å². The molecule has 1 N–H and O–H groups in total. The SMILES string of the molecule is Cc1ccc(CNC(=O)C(C)n2nc(-c3cccnc3)ccc2=O)cc1. The predicted molar refractivity (Wildman–Crippen MR) is 99.5 cm³/mol. The van der Waals surface area contributed by atoms with E-state index in [4.69, 9.17) is 0 Å². The molecule has 0 aliphatic rings. The van der Waals surface area contributed by atoms with E-state index in [0.29, 0.717) is 12.2 Å². The van der Waals surface area contributed by atoms with Crippen LogP contribution >= 0.6 is 0 Å². The molecule has 6 heteroatoms.